The van der Waals surface area contributed by atoms with Gasteiger partial charge in [-0.2, -0.15) is 0 Å². The third-order valence-electron chi connectivity index (χ3n) is 3.13. The van der Waals surface area contributed by atoms with Gasteiger partial charge in [0.05, 0.1) is 0 Å². The molecule has 0 heterocycles. The van der Waals surface area contributed by atoms with Crippen molar-refractivity contribution in [2.24, 2.45) is 0 Å². The van der Waals surface area contributed by atoms with Crippen LogP contribution in [0.5, 0.6) is 0 Å². The van der Waals surface area contributed by atoms with Crippen molar-refractivity contribution in [2.45, 2.75) is 24.7 Å². The van der Waals surface area contributed by atoms with E-state index < -0.39 is 11.4 Å². The molecule has 1 aliphatic rings. The minimum atomic E-state index is -1.12. The number of halogens is 1. The first kappa shape index (κ1) is 11.1. The quantitative estimate of drug-likeness (QED) is 0.861. The highest BCUT2D eigenvalue weighted by Gasteiger charge is 2.47. The number of benzene rings is 1. The van der Waals surface area contributed by atoms with Crippen LogP contribution in [0.15, 0.2) is 24.3 Å². The Morgan fingerprint density at radius 1 is 1.38 bits per heavy atom. The first-order chi connectivity index (χ1) is 7.56. The Morgan fingerprint density at radius 2 is 2.06 bits per heavy atom. The zero-order valence-corrected chi connectivity index (χ0v) is 9.33. The molecule has 2 rings (SSSR count). The van der Waals surface area contributed by atoms with Crippen LogP contribution in [0.2, 0.25) is 5.02 Å². The maximum absolute atomic E-state index is 11.4. The van der Waals surface area contributed by atoms with E-state index in [1.165, 1.54) is 0 Å². The summed E-state index contributed by atoms with van der Waals surface area (Å²) in [5, 5.41) is 9.76. The molecule has 4 heteroatoms. The molecule has 1 N–H and O–H groups in total. The predicted octanol–water partition coefficient (Wildman–Crippen LogP) is 2.42. The van der Waals surface area contributed by atoms with Gasteiger partial charge in [0.15, 0.2) is 0 Å². The van der Waals surface area contributed by atoms with E-state index in [2.05, 4.69) is 0 Å². The van der Waals surface area contributed by atoms with Crippen LogP contribution >= 0.6 is 11.6 Å². The van der Waals surface area contributed by atoms with Gasteiger partial charge in [0, 0.05) is 17.9 Å². The monoisotopic (exact) mass is 238 g/mol. The predicted molar refractivity (Wildman–Crippen MR) is 59.6 cm³/mol. The Bertz CT molecular complexity index is 455. The molecule has 1 fully saturated rings. The first-order valence-electron chi connectivity index (χ1n) is 5.06. The molecule has 1 aliphatic carbocycles. The summed E-state index contributed by atoms with van der Waals surface area (Å²) >= 11 is 6.01. The zero-order valence-electron chi connectivity index (χ0n) is 8.57. The smallest absolute Gasteiger partial charge is 0.314 e. The van der Waals surface area contributed by atoms with E-state index in [1.807, 2.05) is 0 Å². The maximum atomic E-state index is 11.4. The highest BCUT2D eigenvalue weighted by atomic mass is 35.5. The van der Waals surface area contributed by atoms with Crippen molar-refractivity contribution in [2.75, 3.05) is 0 Å². The van der Waals surface area contributed by atoms with E-state index in [0.717, 1.165) is 0 Å². The van der Waals surface area contributed by atoms with Crippen LogP contribution in [0.4, 0.5) is 0 Å². The topological polar surface area (TPSA) is 54.4 Å². The standard InChI is InChI=1S/C12H11ClO3/c13-10-4-2-1-3-9(10)12(11(15)16)6-5-8(14)7-12/h1-4H,5-7H2,(H,15,16). The van der Waals surface area contributed by atoms with Gasteiger partial charge in [0.25, 0.3) is 0 Å². The number of rotatable bonds is 2. The van der Waals surface area contributed by atoms with Crippen molar-refractivity contribution in [3.63, 3.8) is 0 Å². The van der Waals surface area contributed by atoms with Crippen molar-refractivity contribution in [3.8, 4) is 0 Å². The van der Waals surface area contributed by atoms with Gasteiger partial charge in [-0.05, 0) is 18.1 Å². The maximum Gasteiger partial charge on any atom is 0.314 e. The second kappa shape index (κ2) is 3.91. The van der Waals surface area contributed by atoms with Crippen molar-refractivity contribution < 1.29 is 14.7 Å². The molecule has 84 valence electrons. The summed E-state index contributed by atoms with van der Waals surface area (Å²) < 4.78 is 0. The summed E-state index contributed by atoms with van der Waals surface area (Å²) in [7, 11) is 0. The fourth-order valence-corrected chi connectivity index (χ4v) is 2.56. The van der Waals surface area contributed by atoms with Gasteiger partial charge in [-0.3, -0.25) is 9.59 Å². The normalized spacial score (nSPS) is 24.7. The highest BCUT2D eigenvalue weighted by molar-refractivity contribution is 6.31. The first-order valence-corrected chi connectivity index (χ1v) is 5.44. The van der Waals surface area contributed by atoms with Crippen LogP contribution in [0, 0.1) is 0 Å². The molecule has 16 heavy (non-hydrogen) atoms. The molecule has 0 aromatic heterocycles. The Morgan fingerprint density at radius 3 is 2.56 bits per heavy atom. The number of hydrogen-bond acceptors (Lipinski definition) is 2. The summed E-state index contributed by atoms with van der Waals surface area (Å²) in [5.74, 6) is -0.978. The minimum Gasteiger partial charge on any atom is -0.481 e. The van der Waals surface area contributed by atoms with Crippen LogP contribution in [-0.4, -0.2) is 16.9 Å². The number of aliphatic carboxylic acids is 1. The number of carboxylic acids is 1. The largest absolute Gasteiger partial charge is 0.481 e. The molecule has 0 aliphatic heterocycles. The molecular formula is C12H11ClO3. The van der Waals surface area contributed by atoms with Crippen LogP contribution in [-0.2, 0) is 15.0 Å². The summed E-state index contributed by atoms with van der Waals surface area (Å²) in [4.78, 5) is 22.8. The molecule has 1 aromatic carbocycles. The average molecular weight is 239 g/mol. The van der Waals surface area contributed by atoms with Crippen LogP contribution in [0.1, 0.15) is 24.8 Å². The SMILES string of the molecule is O=C1CCC(C(=O)O)(c2ccccc2Cl)C1. The third-order valence-corrected chi connectivity index (χ3v) is 3.46. The van der Waals surface area contributed by atoms with Gasteiger partial charge in [0.2, 0.25) is 0 Å². The molecule has 0 radical (unpaired) electrons. The number of carboxylic acid groups (broad SMARTS) is 1. The molecule has 0 amide bonds. The lowest BCUT2D eigenvalue weighted by atomic mass is 9.79. The van der Waals surface area contributed by atoms with Crippen molar-refractivity contribution in [3.05, 3.63) is 34.9 Å². The Labute approximate surface area is 98.0 Å². The lowest BCUT2D eigenvalue weighted by Crippen LogP contribution is -2.33. The van der Waals surface area contributed by atoms with Gasteiger partial charge >= 0.3 is 5.97 Å². The number of hydrogen-bond donors (Lipinski definition) is 1. The van der Waals surface area contributed by atoms with Gasteiger partial charge < -0.3 is 5.11 Å². The lowest BCUT2D eigenvalue weighted by molar-refractivity contribution is -0.144. The fraction of sp³-hybridized carbons (Fsp3) is 0.333. The average Bonchev–Trinajstić information content (AvgIpc) is 2.62. The van der Waals surface area contributed by atoms with Crippen molar-refractivity contribution >= 4 is 23.4 Å². The molecule has 0 saturated heterocycles. The third kappa shape index (κ3) is 1.61. The van der Waals surface area contributed by atoms with E-state index in [-0.39, 0.29) is 12.2 Å². The molecular weight excluding hydrogens is 228 g/mol. The molecule has 1 unspecified atom stereocenters. The fourth-order valence-electron chi connectivity index (χ4n) is 2.24. The summed E-state index contributed by atoms with van der Waals surface area (Å²) in [5.41, 5.74) is -0.565. The molecule has 0 bridgehead atoms. The number of ketones is 1. The molecule has 1 atom stereocenters. The highest BCUT2D eigenvalue weighted by Crippen LogP contribution is 2.42. The summed E-state index contributed by atoms with van der Waals surface area (Å²) in [6.07, 6.45) is 0.703. The minimum absolute atomic E-state index is 0.0117. The van der Waals surface area contributed by atoms with Crippen LogP contribution in [0.25, 0.3) is 0 Å². The van der Waals surface area contributed by atoms with E-state index in [4.69, 9.17) is 11.6 Å². The molecule has 1 aromatic rings. The number of carbonyl (C=O) groups is 2. The lowest BCUT2D eigenvalue weighted by Gasteiger charge is -2.24. The van der Waals surface area contributed by atoms with E-state index in [0.29, 0.717) is 23.4 Å². The van der Waals surface area contributed by atoms with Gasteiger partial charge in [0.1, 0.15) is 11.2 Å². The Hall–Kier alpha value is -1.35. The van der Waals surface area contributed by atoms with Gasteiger partial charge in [-0.15, -0.1) is 0 Å². The Balaban J connectivity index is 2.53. The van der Waals surface area contributed by atoms with Crippen LogP contribution < -0.4 is 0 Å². The van der Waals surface area contributed by atoms with Crippen molar-refractivity contribution in [1.82, 2.24) is 0 Å². The van der Waals surface area contributed by atoms with E-state index in [1.54, 1.807) is 24.3 Å². The van der Waals surface area contributed by atoms with E-state index >= 15 is 0 Å². The van der Waals surface area contributed by atoms with E-state index in [9.17, 15) is 14.7 Å². The van der Waals surface area contributed by atoms with Crippen molar-refractivity contribution in [1.29, 1.82) is 0 Å². The second-order valence-electron chi connectivity index (χ2n) is 4.08. The zero-order chi connectivity index (χ0) is 11.8. The summed E-state index contributed by atoms with van der Waals surface area (Å²) in [6, 6.07) is 6.84. The number of Topliss-reactive ketones (excluding diaryl/α,β-unsaturated/α-hetero) is 1. The molecule has 3 nitrogen and oxygen atoms in total. The van der Waals surface area contributed by atoms with Crippen LogP contribution in [0.3, 0.4) is 0 Å². The van der Waals surface area contributed by atoms with Gasteiger partial charge in [-0.25, -0.2) is 0 Å². The number of carbonyl (C=O) groups excluding carboxylic acids is 1. The molecule has 1 saturated carbocycles. The molecule has 0 spiro atoms. The van der Waals surface area contributed by atoms with Gasteiger partial charge in [-0.1, -0.05) is 29.8 Å². The second-order valence-corrected chi connectivity index (χ2v) is 4.49. The summed E-state index contributed by atoms with van der Waals surface area (Å²) in [6.45, 7) is 0. The Kier molecular flexibility index (Phi) is 2.72.